The highest BCUT2D eigenvalue weighted by Crippen LogP contribution is 2.33. The second kappa shape index (κ2) is 7.95. The molecule has 0 bridgehead atoms. The SMILES string of the molecule is CCC(CS(=O)(=O)C1(OC)C=CC(c2ccccc2)C=C1)N(O)C=O. The van der Waals surface area contributed by atoms with Gasteiger partial charge in [0.15, 0.2) is 9.84 Å². The number of rotatable bonds is 8. The predicted molar refractivity (Wildman–Crippen MR) is 94.8 cm³/mol. The largest absolute Gasteiger partial charge is 0.356 e. The van der Waals surface area contributed by atoms with E-state index in [0.717, 1.165) is 5.56 Å². The Morgan fingerprint density at radius 2 is 1.88 bits per heavy atom. The smallest absolute Gasteiger partial charge is 0.233 e. The van der Waals surface area contributed by atoms with Gasteiger partial charge in [-0.2, -0.15) is 0 Å². The Kier molecular flexibility index (Phi) is 6.16. The van der Waals surface area contributed by atoms with Crippen molar-refractivity contribution in [2.75, 3.05) is 12.9 Å². The first-order chi connectivity index (χ1) is 11.9. The van der Waals surface area contributed by atoms with Gasteiger partial charge >= 0.3 is 0 Å². The van der Waals surface area contributed by atoms with Gasteiger partial charge in [0.25, 0.3) is 0 Å². The molecule has 1 N–H and O–H groups in total. The zero-order valence-electron chi connectivity index (χ0n) is 14.3. The van der Waals surface area contributed by atoms with Crippen LogP contribution in [0.4, 0.5) is 0 Å². The van der Waals surface area contributed by atoms with Gasteiger partial charge in [-0.15, -0.1) is 0 Å². The van der Waals surface area contributed by atoms with Crippen molar-refractivity contribution < 1.29 is 23.2 Å². The van der Waals surface area contributed by atoms with Crippen molar-refractivity contribution >= 4 is 16.2 Å². The van der Waals surface area contributed by atoms with E-state index >= 15 is 0 Å². The molecule has 25 heavy (non-hydrogen) atoms. The fourth-order valence-electron chi connectivity index (χ4n) is 2.81. The van der Waals surface area contributed by atoms with Crippen LogP contribution in [0.15, 0.2) is 54.6 Å². The Morgan fingerprint density at radius 3 is 2.36 bits per heavy atom. The Morgan fingerprint density at radius 1 is 1.28 bits per heavy atom. The van der Waals surface area contributed by atoms with Crippen molar-refractivity contribution in [1.29, 1.82) is 0 Å². The maximum atomic E-state index is 12.9. The van der Waals surface area contributed by atoms with Crippen molar-refractivity contribution in [3.05, 3.63) is 60.2 Å². The number of carbonyl (C=O) groups is 1. The Balaban J connectivity index is 2.26. The van der Waals surface area contributed by atoms with E-state index in [2.05, 4.69) is 0 Å². The second-order valence-electron chi connectivity index (χ2n) is 5.91. The van der Waals surface area contributed by atoms with E-state index in [1.807, 2.05) is 30.3 Å². The first-order valence-electron chi connectivity index (χ1n) is 8.02. The number of hydrogen-bond donors (Lipinski definition) is 1. The maximum Gasteiger partial charge on any atom is 0.233 e. The van der Waals surface area contributed by atoms with E-state index in [9.17, 15) is 18.4 Å². The molecule has 0 aliphatic heterocycles. The monoisotopic (exact) mass is 365 g/mol. The Labute approximate surface area is 148 Å². The van der Waals surface area contributed by atoms with Gasteiger partial charge in [0.05, 0.1) is 11.8 Å². The Hall–Kier alpha value is -1.96. The van der Waals surface area contributed by atoms with E-state index < -0.39 is 26.6 Å². The first kappa shape index (κ1) is 19.4. The molecule has 0 radical (unpaired) electrons. The standard InChI is InChI=1S/C18H23NO5S/c1-3-17(19(21)14-20)13-25(22,23)18(24-2)11-9-16(10-12-18)15-7-5-4-6-8-15/h4-12,14,16-17,21H,3,13H2,1-2H3. The van der Waals surface area contributed by atoms with Crippen LogP contribution in [-0.2, 0) is 19.4 Å². The van der Waals surface area contributed by atoms with Gasteiger partial charge in [-0.25, -0.2) is 13.5 Å². The van der Waals surface area contributed by atoms with Crippen molar-refractivity contribution in [2.24, 2.45) is 0 Å². The molecule has 1 atom stereocenters. The second-order valence-corrected chi connectivity index (χ2v) is 8.11. The van der Waals surface area contributed by atoms with Crippen LogP contribution in [0, 0.1) is 0 Å². The topological polar surface area (TPSA) is 83.9 Å². The molecule has 1 unspecified atom stereocenters. The van der Waals surface area contributed by atoms with Crippen LogP contribution < -0.4 is 0 Å². The predicted octanol–water partition coefficient (Wildman–Crippen LogP) is 2.28. The fraction of sp³-hybridized carbons (Fsp3) is 0.389. The Bertz CT molecular complexity index is 728. The summed E-state index contributed by atoms with van der Waals surface area (Å²) in [4.78, 5) is 9.14. The average molecular weight is 365 g/mol. The van der Waals surface area contributed by atoms with Crippen molar-refractivity contribution in [2.45, 2.75) is 30.2 Å². The molecule has 1 aliphatic carbocycles. The summed E-state index contributed by atoms with van der Waals surface area (Å²) in [6, 6.07) is 8.87. The van der Waals surface area contributed by atoms with E-state index in [1.54, 1.807) is 19.1 Å². The number of benzene rings is 1. The lowest BCUT2D eigenvalue weighted by atomic mass is 9.94. The normalized spacial score (nSPS) is 24.0. The fourth-order valence-corrected chi connectivity index (χ4v) is 4.80. The van der Waals surface area contributed by atoms with Crippen LogP contribution in [0.2, 0.25) is 0 Å². The summed E-state index contributed by atoms with van der Waals surface area (Å²) in [7, 11) is -2.50. The molecule has 1 aliphatic rings. The van der Waals surface area contributed by atoms with Gasteiger partial charge in [0.1, 0.15) is 0 Å². The molecular formula is C18H23NO5S. The molecule has 0 saturated carbocycles. The lowest BCUT2D eigenvalue weighted by molar-refractivity contribution is -0.158. The molecule has 0 saturated heterocycles. The number of carbonyl (C=O) groups excluding carboxylic acids is 1. The third-order valence-corrected chi connectivity index (χ3v) is 6.66. The summed E-state index contributed by atoms with van der Waals surface area (Å²) in [6.07, 6.45) is 7.13. The number of nitrogens with zero attached hydrogens (tertiary/aromatic N) is 1. The van der Waals surface area contributed by atoms with Gasteiger partial charge in [-0.3, -0.25) is 10.0 Å². The number of hydrogen-bond acceptors (Lipinski definition) is 5. The quantitative estimate of drug-likeness (QED) is 0.331. The van der Waals surface area contributed by atoms with E-state index in [4.69, 9.17) is 4.74 Å². The average Bonchev–Trinajstić information content (AvgIpc) is 2.66. The van der Waals surface area contributed by atoms with E-state index in [1.165, 1.54) is 19.3 Å². The van der Waals surface area contributed by atoms with Crippen LogP contribution in [0.1, 0.15) is 24.8 Å². The number of hydroxylamine groups is 2. The van der Waals surface area contributed by atoms with E-state index in [0.29, 0.717) is 11.5 Å². The molecule has 1 amide bonds. The summed E-state index contributed by atoms with van der Waals surface area (Å²) in [5.74, 6) is -0.442. The first-order valence-corrected chi connectivity index (χ1v) is 9.68. The van der Waals surface area contributed by atoms with Gasteiger partial charge in [0, 0.05) is 13.0 Å². The van der Waals surface area contributed by atoms with Gasteiger partial charge in [-0.05, 0) is 24.1 Å². The molecule has 0 heterocycles. The minimum atomic E-state index is -3.82. The van der Waals surface area contributed by atoms with E-state index in [-0.39, 0.29) is 12.3 Å². The maximum absolute atomic E-state index is 12.9. The third-order valence-electron chi connectivity index (χ3n) is 4.43. The van der Waals surface area contributed by atoms with Crippen molar-refractivity contribution in [3.63, 3.8) is 0 Å². The van der Waals surface area contributed by atoms with Crippen LogP contribution in [-0.4, -0.2) is 48.9 Å². The molecule has 6 nitrogen and oxygen atoms in total. The lowest BCUT2D eigenvalue weighted by Crippen LogP contribution is -2.46. The number of methoxy groups -OCH3 is 1. The van der Waals surface area contributed by atoms with Gasteiger partial charge in [0.2, 0.25) is 11.3 Å². The van der Waals surface area contributed by atoms with Gasteiger partial charge in [-0.1, -0.05) is 49.4 Å². The number of amides is 1. The van der Waals surface area contributed by atoms with Crippen molar-refractivity contribution in [1.82, 2.24) is 5.06 Å². The molecule has 136 valence electrons. The van der Waals surface area contributed by atoms with Crippen LogP contribution >= 0.6 is 0 Å². The highest BCUT2D eigenvalue weighted by atomic mass is 32.2. The van der Waals surface area contributed by atoms with Crippen LogP contribution in [0.25, 0.3) is 0 Å². The summed E-state index contributed by atoms with van der Waals surface area (Å²) in [5, 5.41) is 9.94. The summed E-state index contributed by atoms with van der Waals surface area (Å²) in [5.41, 5.74) is 1.05. The molecular weight excluding hydrogens is 342 g/mol. The highest BCUT2D eigenvalue weighted by Gasteiger charge is 2.42. The minimum Gasteiger partial charge on any atom is -0.356 e. The number of sulfone groups is 1. The zero-order chi connectivity index (χ0) is 18.5. The number of allylic oxidation sites excluding steroid dienone is 2. The number of ether oxygens (including phenoxy) is 1. The highest BCUT2D eigenvalue weighted by molar-refractivity contribution is 7.93. The van der Waals surface area contributed by atoms with Gasteiger partial charge < -0.3 is 4.74 Å². The molecule has 0 fully saturated rings. The zero-order valence-corrected chi connectivity index (χ0v) is 15.1. The minimum absolute atomic E-state index is 0.0361. The van der Waals surface area contributed by atoms with Crippen LogP contribution in [0.5, 0.6) is 0 Å². The summed E-state index contributed by atoms with van der Waals surface area (Å²) >= 11 is 0. The molecule has 1 aromatic rings. The molecule has 0 spiro atoms. The molecule has 2 rings (SSSR count). The molecule has 1 aromatic carbocycles. The third kappa shape index (κ3) is 4.00. The molecule has 7 heteroatoms. The van der Waals surface area contributed by atoms with Crippen LogP contribution in [0.3, 0.4) is 0 Å². The summed E-state index contributed by atoms with van der Waals surface area (Å²) < 4.78 is 31.1. The lowest BCUT2D eigenvalue weighted by Gasteiger charge is -2.32. The summed E-state index contributed by atoms with van der Waals surface area (Å²) in [6.45, 7) is 1.70. The molecule has 0 aromatic heterocycles. The van der Waals surface area contributed by atoms with Crippen molar-refractivity contribution in [3.8, 4) is 0 Å².